The Bertz CT molecular complexity index is 3330. The molecule has 3 heteroatoms. The summed E-state index contributed by atoms with van der Waals surface area (Å²) in [5.41, 5.74) is 9.90. The van der Waals surface area contributed by atoms with Crippen molar-refractivity contribution in [3.05, 3.63) is 212 Å². The van der Waals surface area contributed by atoms with Gasteiger partial charge < -0.3 is 0 Å². The van der Waals surface area contributed by atoms with Crippen molar-refractivity contribution in [3.8, 4) is 67.5 Å². The van der Waals surface area contributed by atoms with Crippen LogP contribution in [0.15, 0.2) is 212 Å². The number of nitrogens with zero attached hydrogens (tertiary/aromatic N) is 3. The molecule has 58 heavy (non-hydrogen) atoms. The number of hydrogen-bond donors (Lipinski definition) is 0. The third-order valence-electron chi connectivity index (χ3n) is 11.3. The van der Waals surface area contributed by atoms with Crippen LogP contribution in [0.3, 0.4) is 0 Å². The number of rotatable bonds is 6. The van der Waals surface area contributed by atoms with E-state index in [-0.39, 0.29) is 0 Å². The van der Waals surface area contributed by atoms with E-state index in [2.05, 4.69) is 212 Å². The normalized spacial score (nSPS) is 11.4. The molecular formula is C55H35N3. The van der Waals surface area contributed by atoms with Crippen LogP contribution in [0.4, 0.5) is 0 Å². The van der Waals surface area contributed by atoms with Gasteiger partial charge in [-0.2, -0.15) is 0 Å². The zero-order chi connectivity index (χ0) is 38.4. The van der Waals surface area contributed by atoms with Crippen LogP contribution < -0.4 is 0 Å². The van der Waals surface area contributed by atoms with Gasteiger partial charge in [0, 0.05) is 16.7 Å². The molecule has 0 aliphatic heterocycles. The molecule has 1 heterocycles. The van der Waals surface area contributed by atoms with Gasteiger partial charge >= 0.3 is 0 Å². The van der Waals surface area contributed by atoms with Gasteiger partial charge in [-0.15, -0.1) is 0 Å². The lowest BCUT2D eigenvalue weighted by Gasteiger charge is -2.14. The van der Waals surface area contributed by atoms with E-state index in [1.165, 1.54) is 38.4 Å². The molecular weight excluding hydrogens is 703 g/mol. The Morgan fingerprint density at radius 3 is 1.29 bits per heavy atom. The van der Waals surface area contributed by atoms with E-state index >= 15 is 0 Å². The lowest BCUT2D eigenvalue weighted by atomic mass is 9.93. The summed E-state index contributed by atoms with van der Waals surface area (Å²) in [6.07, 6.45) is 0. The van der Waals surface area contributed by atoms with Crippen molar-refractivity contribution in [2.75, 3.05) is 0 Å². The van der Waals surface area contributed by atoms with Gasteiger partial charge in [0.1, 0.15) is 0 Å². The van der Waals surface area contributed by atoms with Gasteiger partial charge in [0.15, 0.2) is 17.5 Å². The van der Waals surface area contributed by atoms with Crippen molar-refractivity contribution < 1.29 is 0 Å². The molecule has 0 aliphatic carbocycles. The van der Waals surface area contributed by atoms with E-state index in [1.807, 2.05) is 0 Å². The summed E-state index contributed by atoms with van der Waals surface area (Å²) in [5, 5.41) is 9.22. The molecule has 0 N–H and O–H groups in total. The van der Waals surface area contributed by atoms with Crippen molar-refractivity contribution >= 4 is 43.1 Å². The summed E-state index contributed by atoms with van der Waals surface area (Å²) in [6, 6.07) is 75.4. The molecule has 0 unspecified atom stereocenters. The maximum atomic E-state index is 5.34. The van der Waals surface area contributed by atoms with E-state index in [9.17, 15) is 0 Å². The smallest absolute Gasteiger partial charge is 0.164 e. The van der Waals surface area contributed by atoms with Crippen molar-refractivity contribution in [2.45, 2.75) is 0 Å². The highest BCUT2D eigenvalue weighted by Crippen LogP contribution is 2.38. The maximum Gasteiger partial charge on any atom is 0.164 e. The lowest BCUT2D eigenvalue weighted by Crippen LogP contribution is -2.01. The fourth-order valence-corrected chi connectivity index (χ4v) is 8.45. The fraction of sp³-hybridized carbons (Fsp3) is 0. The molecule has 270 valence electrons. The lowest BCUT2D eigenvalue weighted by molar-refractivity contribution is 1.08. The molecule has 0 saturated carbocycles. The fourth-order valence-electron chi connectivity index (χ4n) is 8.45. The second-order valence-electron chi connectivity index (χ2n) is 14.8. The standard InChI is InChI=1S/C55H35N3/c1-3-14-36(15-4-1)39-28-30-48-41(32-39)22-13-27-51(48)54-56-53(57-55(58-54)52-35-44(37-16-5-2-6-17-37)34-40-19-8-10-24-46(40)52)43-29-31-47-42(33-43)21-12-26-50(47)49-25-11-20-38-18-7-9-23-45(38)49/h1-35H. The van der Waals surface area contributed by atoms with Gasteiger partial charge in [0.25, 0.3) is 0 Å². The van der Waals surface area contributed by atoms with Crippen LogP contribution in [0.1, 0.15) is 0 Å². The largest absolute Gasteiger partial charge is 0.208 e. The quantitative estimate of drug-likeness (QED) is 0.171. The number of benzene rings is 10. The van der Waals surface area contributed by atoms with Crippen LogP contribution in [0.5, 0.6) is 0 Å². The molecule has 10 aromatic carbocycles. The van der Waals surface area contributed by atoms with E-state index in [4.69, 9.17) is 15.0 Å². The minimum atomic E-state index is 0.629. The monoisotopic (exact) mass is 737 g/mol. The van der Waals surface area contributed by atoms with E-state index in [0.717, 1.165) is 54.7 Å². The average Bonchev–Trinajstić information content (AvgIpc) is 3.30. The van der Waals surface area contributed by atoms with Gasteiger partial charge in [-0.1, -0.05) is 188 Å². The Morgan fingerprint density at radius 1 is 0.207 bits per heavy atom. The second kappa shape index (κ2) is 14.1. The molecule has 11 aromatic rings. The van der Waals surface area contributed by atoms with Crippen molar-refractivity contribution in [1.29, 1.82) is 0 Å². The number of hydrogen-bond acceptors (Lipinski definition) is 3. The predicted molar refractivity (Wildman–Crippen MR) is 242 cm³/mol. The summed E-state index contributed by atoms with van der Waals surface area (Å²) >= 11 is 0. The zero-order valence-corrected chi connectivity index (χ0v) is 31.5. The molecule has 0 radical (unpaired) electrons. The van der Waals surface area contributed by atoms with Gasteiger partial charge in [0.2, 0.25) is 0 Å². The van der Waals surface area contributed by atoms with E-state index in [1.54, 1.807) is 0 Å². The Morgan fingerprint density at radius 2 is 0.621 bits per heavy atom. The van der Waals surface area contributed by atoms with Gasteiger partial charge in [-0.25, -0.2) is 15.0 Å². The topological polar surface area (TPSA) is 38.7 Å². The maximum absolute atomic E-state index is 5.34. The van der Waals surface area contributed by atoms with Crippen molar-refractivity contribution in [1.82, 2.24) is 15.0 Å². The summed E-state index contributed by atoms with van der Waals surface area (Å²) in [6.45, 7) is 0. The Labute approximate surface area is 336 Å². The third kappa shape index (κ3) is 5.98. The van der Waals surface area contributed by atoms with Crippen LogP contribution in [-0.4, -0.2) is 15.0 Å². The number of aromatic nitrogens is 3. The molecule has 0 fully saturated rings. The predicted octanol–water partition coefficient (Wildman–Crippen LogP) is 14.5. The average molecular weight is 738 g/mol. The summed E-state index contributed by atoms with van der Waals surface area (Å²) in [5.74, 6) is 1.90. The van der Waals surface area contributed by atoms with Gasteiger partial charge in [-0.3, -0.25) is 0 Å². The van der Waals surface area contributed by atoms with E-state index in [0.29, 0.717) is 17.5 Å². The minimum Gasteiger partial charge on any atom is -0.208 e. The van der Waals surface area contributed by atoms with Crippen molar-refractivity contribution in [2.24, 2.45) is 0 Å². The molecule has 11 rings (SSSR count). The summed E-state index contributed by atoms with van der Waals surface area (Å²) in [4.78, 5) is 16.0. The SMILES string of the molecule is c1ccc(-c2ccc3c(-c4nc(-c5ccc6c(-c7cccc8ccccc78)cccc6c5)nc(-c5cc(-c6ccccc6)cc6ccccc56)n4)cccc3c2)cc1. The molecule has 3 nitrogen and oxygen atoms in total. The highest BCUT2D eigenvalue weighted by atomic mass is 15.0. The first-order valence-corrected chi connectivity index (χ1v) is 19.7. The first kappa shape index (κ1) is 33.6. The van der Waals surface area contributed by atoms with E-state index < -0.39 is 0 Å². The molecule has 0 bridgehead atoms. The van der Waals surface area contributed by atoms with Crippen molar-refractivity contribution in [3.63, 3.8) is 0 Å². The summed E-state index contributed by atoms with van der Waals surface area (Å²) in [7, 11) is 0. The van der Waals surface area contributed by atoms with Crippen LogP contribution in [0, 0.1) is 0 Å². The summed E-state index contributed by atoms with van der Waals surface area (Å²) < 4.78 is 0. The van der Waals surface area contributed by atoms with Crippen LogP contribution in [0.2, 0.25) is 0 Å². The first-order chi connectivity index (χ1) is 28.7. The van der Waals surface area contributed by atoms with Gasteiger partial charge in [-0.05, 0) is 101 Å². The molecule has 0 aliphatic rings. The molecule has 0 saturated heterocycles. The van der Waals surface area contributed by atoms with Crippen LogP contribution >= 0.6 is 0 Å². The third-order valence-corrected chi connectivity index (χ3v) is 11.3. The Kier molecular flexibility index (Phi) is 8.15. The second-order valence-corrected chi connectivity index (χ2v) is 14.8. The molecule has 0 atom stereocenters. The van der Waals surface area contributed by atoms with Gasteiger partial charge in [0.05, 0.1) is 0 Å². The number of fused-ring (bicyclic) bond motifs is 4. The molecule has 0 spiro atoms. The molecule has 0 amide bonds. The Hall–Kier alpha value is -7.75. The molecule has 1 aromatic heterocycles. The highest BCUT2D eigenvalue weighted by Gasteiger charge is 2.18. The zero-order valence-electron chi connectivity index (χ0n) is 31.5. The van der Waals surface area contributed by atoms with Crippen LogP contribution in [-0.2, 0) is 0 Å². The van der Waals surface area contributed by atoms with Crippen LogP contribution in [0.25, 0.3) is 111 Å². The first-order valence-electron chi connectivity index (χ1n) is 19.7. The highest BCUT2D eigenvalue weighted by molar-refractivity contribution is 6.06. The Balaban J connectivity index is 1.13. The minimum absolute atomic E-state index is 0.629.